The molecule has 1 aliphatic carbocycles. The first-order valence-corrected chi connectivity index (χ1v) is 8.72. The molecule has 0 bridgehead atoms. The number of benzene rings is 1. The van der Waals surface area contributed by atoms with E-state index in [1.165, 1.54) is 18.9 Å². The summed E-state index contributed by atoms with van der Waals surface area (Å²) in [6.07, 6.45) is 9.93. The van der Waals surface area contributed by atoms with Crippen LogP contribution in [0.25, 0.3) is 11.3 Å². The Hall–Kier alpha value is -3.15. The van der Waals surface area contributed by atoms with Crippen LogP contribution < -0.4 is 5.32 Å². The Kier molecular flexibility index (Phi) is 3.31. The highest BCUT2D eigenvalue weighted by Crippen LogP contribution is 2.40. The van der Waals surface area contributed by atoms with Gasteiger partial charge in [0.2, 0.25) is 0 Å². The van der Waals surface area contributed by atoms with Crippen LogP contribution in [-0.2, 0) is 0 Å². The summed E-state index contributed by atoms with van der Waals surface area (Å²) in [5.74, 6) is 0.291. The minimum atomic E-state index is -0.304. The fourth-order valence-electron chi connectivity index (χ4n) is 3.21. The molecule has 3 aromatic heterocycles. The quantitative estimate of drug-likeness (QED) is 0.587. The Morgan fingerprint density at radius 3 is 2.81 bits per heavy atom. The van der Waals surface area contributed by atoms with Crippen LogP contribution in [-0.4, -0.2) is 18.9 Å². The third kappa shape index (κ3) is 2.63. The molecule has 6 heteroatoms. The zero-order valence-electron chi connectivity index (χ0n) is 14.4. The van der Waals surface area contributed by atoms with Crippen molar-refractivity contribution < 1.29 is 4.39 Å². The van der Waals surface area contributed by atoms with Crippen LogP contribution in [0.1, 0.15) is 30.1 Å². The minimum Gasteiger partial charge on any atom is -0.352 e. The van der Waals surface area contributed by atoms with Crippen molar-refractivity contribution in [1.29, 1.82) is 0 Å². The van der Waals surface area contributed by atoms with Crippen molar-refractivity contribution in [3.63, 3.8) is 0 Å². The van der Waals surface area contributed by atoms with Gasteiger partial charge in [0.25, 0.3) is 0 Å². The fraction of sp³-hybridized carbons (Fsp3) is 0.200. The number of halogens is 1. The number of hydrogen-bond donors (Lipinski definition) is 1. The van der Waals surface area contributed by atoms with Gasteiger partial charge in [-0.3, -0.25) is 0 Å². The van der Waals surface area contributed by atoms with Crippen molar-refractivity contribution >= 4 is 17.0 Å². The Morgan fingerprint density at radius 1 is 1.19 bits per heavy atom. The number of hydrogen-bond acceptors (Lipinski definition) is 3. The summed E-state index contributed by atoms with van der Waals surface area (Å²) in [5, 5.41) is 3.30. The molecule has 1 N–H and O–H groups in total. The predicted octanol–water partition coefficient (Wildman–Crippen LogP) is 4.59. The summed E-state index contributed by atoms with van der Waals surface area (Å²) in [7, 11) is 0. The predicted molar refractivity (Wildman–Crippen MR) is 98.7 cm³/mol. The second kappa shape index (κ2) is 5.69. The average molecular weight is 347 g/mol. The van der Waals surface area contributed by atoms with Crippen LogP contribution in [0.3, 0.4) is 0 Å². The van der Waals surface area contributed by atoms with Gasteiger partial charge in [0.1, 0.15) is 5.82 Å². The van der Waals surface area contributed by atoms with Gasteiger partial charge in [0.15, 0.2) is 5.65 Å². The van der Waals surface area contributed by atoms with Gasteiger partial charge in [-0.2, -0.15) is 0 Å². The molecule has 1 saturated carbocycles. The maximum Gasteiger partial charge on any atom is 0.160 e. The molecule has 0 saturated heterocycles. The number of nitrogens with zero attached hydrogens (tertiary/aromatic N) is 4. The highest BCUT2D eigenvalue weighted by Gasteiger charge is 2.26. The molecule has 0 atom stereocenters. The zero-order chi connectivity index (χ0) is 17.7. The number of aryl methyl sites for hydroxylation is 1. The molecule has 0 amide bonds. The largest absolute Gasteiger partial charge is 0.352 e. The van der Waals surface area contributed by atoms with Gasteiger partial charge in [0, 0.05) is 30.2 Å². The number of anilines is 2. The summed E-state index contributed by atoms with van der Waals surface area (Å²) >= 11 is 0. The third-order valence-corrected chi connectivity index (χ3v) is 4.71. The number of imidazole rings is 2. The van der Waals surface area contributed by atoms with E-state index in [1.54, 1.807) is 23.2 Å². The van der Waals surface area contributed by atoms with E-state index in [4.69, 9.17) is 4.98 Å². The Balaban J connectivity index is 1.48. The number of nitrogens with one attached hydrogen (secondary N) is 1. The summed E-state index contributed by atoms with van der Waals surface area (Å²) in [6, 6.07) is 9.04. The van der Waals surface area contributed by atoms with E-state index >= 15 is 0 Å². The average Bonchev–Trinajstić information content (AvgIpc) is 3.24. The molecule has 26 heavy (non-hydrogen) atoms. The van der Waals surface area contributed by atoms with Crippen molar-refractivity contribution in [2.24, 2.45) is 0 Å². The molecule has 0 spiro atoms. The normalized spacial score (nSPS) is 14.1. The lowest BCUT2D eigenvalue weighted by molar-refractivity contribution is 0.618. The molecular weight excluding hydrogens is 329 g/mol. The van der Waals surface area contributed by atoms with Crippen LogP contribution in [0.2, 0.25) is 0 Å². The standard InChI is InChI=1S/C20H18FN5/c1-13-10-26(12-22-13)19-7-6-15(9-16(19)21)23-17-3-2-8-25-11-18(14-4-5-14)24-20(17)25/h2-3,6-12,14,23H,4-5H2,1H3. The van der Waals surface area contributed by atoms with Crippen molar-refractivity contribution in [3.8, 4) is 5.69 Å². The van der Waals surface area contributed by atoms with E-state index < -0.39 is 0 Å². The van der Waals surface area contributed by atoms with E-state index in [0.717, 1.165) is 22.7 Å². The van der Waals surface area contributed by atoms with Crippen LogP contribution in [0.4, 0.5) is 15.8 Å². The third-order valence-electron chi connectivity index (χ3n) is 4.71. The van der Waals surface area contributed by atoms with E-state index in [1.807, 2.05) is 35.7 Å². The molecule has 5 rings (SSSR count). The molecule has 1 aliphatic rings. The molecule has 4 aromatic rings. The van der Waals surface area contributed by atoms with Gasteiger partial charge >= 0.3 is 0 Å². The fourth-order valence-corrected chi connectivity index (χ4v) is 3.21. The molecule has 1 fully saturated rings. The van der Waals surface area contributed by atoms with Crippen molar-refractivity contribution in [1.82, 2.24) is 18.9 Å². The van der Waals surface area contributed by atoms with Crippen LogP contribution in [0.5, 0.6) is 0 Å². The highest BCUT2D eigenvalue weighted by atomic mass is 19.1. The van der Waals surface area contributed by atoms with Crippen molar-refractivity contribution in [2.45, 2.75) is 25.7 Å². The van der Waals surface area contributed by atoms with Gasteiger partial charge in [0.05, 0.1) is 29.1 Å². The second-order valence-corrected chi connectivity index (χ2v) is 6.81. The van der Waals surface area contributed by atoms with E-state index in [-0.39, 0.29) is 5.82 Å². The van der Waals surface area contributed by atoms with Crippen molar-refractivity contribution in [2.75, 3.05) is 5.32 Å². The van der Waals surface area contributed by atoms with Crippen molar-refractivity contribution in [3.05, 3.63) is 72.5 Å². The molecule has 0 unspecified atom stereocenters. The summed E-state index contributed by atoms with van der Waals surface area (Å²) in [4.78, 5) is 8.91. The number of rotatable bonds is 4. The monoisotopic (exact) mass is 347 g/mol. The van der Waals surface area contributed by atoms with Gasteiger partial charge in [-0.1, -0.05) is 0 Å². The SMILES string of the molecule is Cc1cn(-c2ccc(Nc3cccn4cc(C5CC5)nc34)cc2F)cn1. The molecule has 0 radical (unpaired) electrons. The topological polar surface area (TPSA) is 47.2 Å². The molecular formula is C20H18FN5. The molecule has 130 valence electrons. The first-order chi connectivity index (χ1) is 12.7. The summed E-state index contributed by atoms with van der Waals surface area (Å²) in [6.45, 7) is 1.88. The lowest BCUT2D eigenvalue weighted by Crippen LogP contribution is -1.98. The first kappa shape index (κ1) is 15.1. The molecule has 1 aromatic carbocycles. The van der Waals surface area contributed by atoms with Gasteiger partial charge in [-0.05, 0) is 50.1 Å². The highest BCUT2D eigenvalue weighted by molar-refractivity contribution is 5.74. The summed E-state index contributed by atoms with van der Waals surface area (Å²) in [5.41, 5.74) is 4.88. The number of fused-ring (bicyclic) bond motifs is 1. The van der Waals surface area contributed by atoms with Gasteiger partial charge < -0.3 is 14.3 Å². The molecule has 0 aliphatic heterocycles. The Labute approximate surface area is 150 Å². The van der Waals surface area contributed by atoms with E-state index in [9.17, 15) is 4.39 Å². The Bertz CT molecular complexity index is 1110. The van der Waals surface area contributed by atoms with E-state index in [0.29, 0.717) is 17.3 Å². The van der Waals surface area contributed by atoms with E-state index in [2.05, 4.69) is 16.5 Å². The van der Waals surface area contributed by atoms with Crippen LogP contribution in [0, 0.1) is 12.7 Å². The van der Waals surface area contributed by atoms with Gasteiger partial charge in [-0.15, -0.1) is 0 Å². The molecule has 5 nitrogen and oxygen atoms in total. The lowest BCUT2D eigenvalue weighted by Gasteiger charge is -2.10. The zero-order valence-corrected chi connectivity index (χ0v) is 14.4. The maximum atomic E-state index is 14.6. The van der Waals surface area contributed by atoms with Gasteiger partial charge in [-0.25, -0.2) is 14.4 Å². The molecule has 3 heterocycles. The second-order valence-electron chi connectivity index (χ2n) is 6.81. The minimum absolute atomic E-state index is 0.304. The maximum absolute atomic E-state index is 14.6. The number of aromatic nitrogens is 4. The Morgan fingerprint density at radius 2 is 2.08 bits per heavy atom. The first-order valence-electron chi connectivity index (χ1n) is 8.72. The summed E-state index contributed by atoms with van der Waals surface area (Å²) < 4.78 is 18.3. The lowest BCUT2D eigenvalue weighted by atomic mass is 10.2. The smallest absolute Gasteiger partial charge is 0.160 e. The number of pyridine rings is 1. The van der Waals surface area contributed by atoms with Crippen LogP contribution in [0.15, 0.2) is 55.2 Å². The van der Waals surface area contributed by atoms with Crippen LogP contribution >= 0.6 is 0 Å².